The lowest BCUT2D eigenvalue weighted by atomic mass is 10.2. The van der Waals surface area contributed by atoms with E-state index in [-0.39, 0.29) is 11.9 Å². The molecule has 1 atom stereocenters. The van der Waals surface area contributed by atoms with Crippen molar-refractivity contribution in [2.24, 2.45) is 0 Å². The highest BCUT2D eigenvalue weighted by atomic mass is 32.2. The van der Waals surface area contributed by atoms with Gasteiger partial charge in [-0.1, -0.05) is 25.5 Å². The highest BCUT2D eigenvalue weighted by Gasteiger charge is 2.06. The molecule has 0 aliphatic carbocycles. The first-order valence-electron chi connectivity index (χ1n) is 6.51. The molecular weight excluding hydrogens is 256 g/mol. The minimum Gasteiger partial charge on any atom is -0.353 e. The molecule has 19 heavy (non-hydrogen) atoms. The van der Waals surface area contributed by atoms with Gasteiger partial charge in [-0.25, -0.2) is 0 Å². The van der Waals surface area contributed by atoms with Gasteiger partial charge in [0.15, 0.2) is 0 Å². The molecule has 0 spiro atoms. The lowest BCUT2D eigenvalue weighted by molar-refractivity contribution is -0.119. The second-order valence-corrected chi connectivity index (χ2v) is 5.55. The molecule has 1 aromatic carbocycles. The maximum Gasteiger partial charge on any atom is 0.230 e. The Morgan fingerprint density at radius 2 is 2.32 bits per heavy atom. The van der Waals surface area contributed by atoms with Gasteiger partial charge in [-0.3, -0.25) is 4.79 Å². The third-order valence-electron chi connectivity index (χ3n) is 2.69. The minimum atomic E-state index is 0.0855. The number of nitriles is 1. The fourth-order valence-electron chi connectivity index (χ4n) is 1.81. The van der Waals surface area contributed by atoms with Gasteiger partial charge in [0.05, 0.1) is 17.4 Å². The van der Waals surface area contributed by atoms with E-state index in [9.17, 15) is 4.79 Å². The van der Waals surface area contributed by atoms with E-state index in [1.165, 1.54) is 0 Å². The maximum absolute atomic E-state index is 11.7. The first kappa shape index (κ1) is 15.6. The van der Waals surface area contributed by atoms with Gasteiger partial charge < -0.3 is 5.32 Å². The molecule has 1 rings (SSSR count). The molecule has 1 amide bonds. The van der Waals surface area contributed by atoms with Crippen molar-refractivity contribution in [1.82, 2.24) is 5.32 Å². The smallest absolute Gasteiger partial charge is 0.230 e. The molecule has 1 N–H and O–H groups in total. The fourth-order valence-corrected chi connectivity index (χ4v) is 2.60. The van der Waals surface area contributed by atoms with Crippen LogP contribution in [0.5, 0.6) is 0 Å². The molecule has 4 heteroatoms. The van der Waals surface area contributed by atoms with E-state index in [1.54, 1.807) is 17.8 Å². The van der Waals surface area contributed by atoms with E-state index in [1.807, 2.05) is 25.1 Å². The lowest BCUT2D eigenvalue weighted by Gasteiger charge is -2.12. The zero-order valence-electron chi connectivity index (χ0n) is 11.5. The van der Waals surface area contributed by atoms with Crippen molar-refractivity contribution >= 4 is 17.7 Å². The number of benzene rings is 1. The lowest BCUT2D eigenvalue weighted by Crippen LogP contribution is -2.33. The van der Waals surface area contributed by atoms with Crippen LogP contribution < -0.4 is 5.32 Å². The van der Waals surface area contributed by atoms with Crippen LogP contribution in [0.2, 0.25) is 0 Å². The van der Waals surface area contributed by atoms with Crippen molar-refractivity contribution in [3.8, 4) is 6.07 Å². The fraction of sp³-hybridized carbons (Fsp3) is 0.467. The summed E-state index contributed by atoms with van der Waals surface area (Å²) in [5, 5.41) is 11.8. The van der Waals surface area contributed by atoms with Crippen LogP contribution >= 0.6 is 11.8 Å². The summed E-state index contributed by atoms with van der Waals surface area (Å²) in [4.78, 5) is 11.7. The first-order chi connectivity index (χ1) is 9.15. The summed E-state index contributed by atoms with van der Waals surface area (Å²) in [6.07, 6.45) is 2.09. The van der Waals surface area contributed by atoms with Gasteiger partial charge >= 0.3 is 0 Å². The largest absolute Gasteiger partial charge is 0.353 e. The molecule has 0 aliphatic rings. The Hall–Kier alpha value is -1.47. The van der Waals surface area contributed by atoms with Crippen molar-refractivity contribution < 1.29 is 4.79 Å². The Kier molecular flexibility index (Phi) is 7.06. The predicted octanol–water partition coefficient (Wildman–Crippen LogP) is 3.10. The SMILES string of the molecule is CCC[C@@H](C)NC(=O)CSCc1cccc(C#N)c1. The first-order valence-corrected chi connectivity index (χ1v) is 7.67. The second-order valence-electron chi connectivity index (χ2n) is 4.56. The highest BCUT2D eigenvalue weighted by molar-refractivity contribution is 7.99. The molecule has 0 aromatic heterocycles. The summed E-state index contributed by atoms with van der Waals surface area (Å²) in [6.45, 7) is 4.14. The summed E-state index contributed by atoms with van der Waals surface area (Å²) >= 11 is 1.57. The van der Waals surface area contributed by atoms with Crippen LogP contribution in [-0.2, 0) is 10.5 Å². The number of thioether (sulfide) groups is 1. The molecule has 1 aromatic rings. The van der Waals surface area contributed by atoms with Crippen molar-refractivity contribution in [3.05, 3.63) is 35.4 Å². The van der Waals surface area contributed by atoms with Gasteiger partial charge in [0.2, 0.25) is 5.91 Å². The Morgan fingerprint density at radius 1 is 1.53 bits per heavy atom. The monoisotopic (exact) mass is 276 g/mol. The van der Waals surface area contributed by atoms with E-state index in [4.69, 9.17) is 5.26 Å². The number of nitrogens with zero attached hydrogens (tertiary/aromatic N) is 1. The summed E-state index contributed by atoms with van der Waals surface area (Å²) in [5.41, 5.74) is 1.75. The van der Waals surface area contributed by atoms with E-state index in [0.29, 0.717) is 11.3 Å². The van der Waals surface area contributed by atoms with E-state index >= 15 is 0 Å². The Morgan fingerprint density at radius 3 is 3.00 bits per heavy atom. The quantitative estimate of drug-likeness (QED) is 0.832. The number of amides is 1. The molecule has 0 bridgehead atoms. The number of hydrogen-bond acceptors (Lipinski definition) is 3. The Labute approximate surface area is 119 Å². The molecule has 102 valence electrons. The molecule has 0 heterocycles. The van der Waals surface area contributed by atoms with E-state index in [0.717, 1.165) is 24.2 Å². The van der Waals surface area contributed by atoms with Crippen LogP contribution in [0, 0.1) is 11.3 Å². The average molecular weight is 276 g/mol. The van der Waals surface area contributed by atoms with Gasteiger partial charge in [0.1, 0.15) is 0 Å². The third-order valence-corrected chi connectivity index (χ3v) is 3.69. The summed E-state index contributed by atoms with van der Waals surface area (Å²) in [6, 6.07) is 9.87. The molecular formula is C15H20N2OS. The zero-order chi connectivity index (χ0) is 14.1. The standard InChI is InChI=1S/C15H20N2OS/c1-3-5-12(2)17-15(18)11-19-10-14-7-4-6-13(8-14)9-16/h4,6-8,12H,3,5,10-11H2,1-2H3,(H,17,18)/t12-/m1/s1. The van der Waals surface area contributed by atoms with Crippen molar-refractivity contribution in [3.63, 3.8) is 0 Å². The van der Waals surface area contributed by atoms with Crippen LogP contribution in [0.4, 0.5) is 0 Å². The predicted molar refractivity (Wildman–Crippen MR) is 79.8 cm³/mol. The second kappa shape index (κ2) is 8.60. The van der Waals surface area contributed by atoms with Crippen LogP contribution in [-0.4, -0.2) is 17.7 Å². The molecule has 0 saturated carbocycles. The van der Waals surface area contributed by atoms with Crippen LogP contribution in [0.3, 0.4) is 0 Å². The van der Waals surface area contributed by atoms with Crippen molar-refractivity contribution in [2.75, 3.05) is 5.75 Å². The van der Waals surface area contributed by atoms with E-state index < -0.39 is 0 Å². The molecule has 0 fully saturated rings. The van der Waals surface area contributed by atoms with Crippen LogP contribution in [0.1, 0.15) is 37.8 Å². The third kappa shape index (κ3) is 6.30. The van der Waals surface area contributed by atoms with Crippen molar-refractivity contribution in [1.29, 1.82) is 5.26 Å². The van der Waals surface area contributed by atoms with E-state index in [2.05, 4.69) is 18.3 Å². The Balaban J connectivity index is 2.30. The van der Waals surface area contributed by atoms with Crippen LogP contribution in [0.15, 0.2) is 24.3 Å². The van der Waals surface area contributed by atoms with Gasteiger partial charge in [0.25, 0.3) is 0 Å². The number of hydrogen-bond donors (Lipinski definition) is 1. The number of nitrogens with one attached hydrogen (secondary N) is 1. The number of carbonyl (C=O) groups is 1. The zero-order valence-corrected chi connectivity index (χ0v) is 12.3. The molecule has 0 aliphatic heterocycles. The van der Waals surface area contributed by atoms with Crippen LogP contribution in [0.25, 0.3) is 0 Å². The van der Waals surface area contributed by atoms with Gasteiger partial charge in [-0.15, -0.1) is 11.8 Å². The highest BCUT2D eigenvalue weighted by Crippen LogP contribution is 2.13. The normalized spacial score (nSPS) is 11.6. The number of rotatable bonds is 7. The Bertz CT molecular complexity index is 454. The summed E-state index contributed by atoms with van der Waals surface area (Å²) in [5.74, 6) is 1.30. The van der Waals surface area contributed by atoms with Crippen molar-refractivity contribution in [2.45, 2.75) is 38.5 Å². The summed E-state index contributed by atoms with van der Waals surface area (Å²) < 4.78 is 0. The topological polar surface area (TPSA) is 52.9 Å². The summed E-state index contributed by atoms with van der Waals surface area (Å²) in [7, 11) is 0. The number of carbonyl (C=O) groups excluding carboxylic acids is 1. The molecule has 0 saturated heterocycles. The molecule has 3 nitrogen and oxygen atoms in total. The average Bonchev–Trinajstić information content (AvgIpc) is 2.39. The minimum absolute atomic E-state index is 0.0855. The molecule has 0 unspecified atom stereocenters. The van der Waals surface area contributed by atoms with Gasteiger partial charge in [-0.05, 0) is 31.0 Å². The van der Waals surface area contributed by atoms with Gasteiger partial charge in [-0.2, -0.15) is 5.26 Å². The molecule has 0 radical (unpaired) electrons. The maximum atomic E-state index is 11.7. The van der Waals surface area contributed by atoms with Gasteiger partial charge in [0, 0.05) is 11.8 Å².